The molecular formula is C24H27NO. The first-order valence-corrected chi connectivity index (χ1v) is 9.25. The number of ketones is 1. The van der Waals surface area contributed by atoms with Gasteiger partial charge in [0.25, 0.3) is 0 Å². The average molecular weight is 345 g/mol. The first-order valence-electron chi connectivity index (χ1n) is 9.25. The molecule has 1 fully saturated rings. The highest BCUT2D eigenvalue weighted by Crippen LogP contribution is 2.23. The van der Waals surface area contributed by atoms with Crippen LogP contribution in [-0.4, -0.2) is 29.8 Å². The van der Waals surface area contributed by atoms with E-state index in [0.29, 0.717) is 19.1 Å². The quantitative estimate of drug-likeness (QED) is 0.724. The lowest BCUT2D eigenvalue weighted by molar-refractivity contribution is -0.113. The molecule has 0 saturated carbocycles. The van der Waals surface area contributed by atoms with Gasteiger partial charge in [-0.05, 0) is 51.0 Å². The fourth-order valence-corrected chi connectivity index (χ4v) is 3.16. The third-order valence-corrected chi connectivity index (χ3v) is 4.90. The molecule has 134 valence electrons. The van der Waals surface area contributed by atoms with E-state index in [0.717, 1.165) is 22.3 Å². The van der Waals surface area contributed by atoms with Crippen molar-refractivity contribution in [3.05, 3.63) is 81.9 Å². The number of rotatable bonds is 3. The number of carbonyl (C=O) groups excluding carboxylic acids is 1. The number of hydrogen-bond acceptors (Lipinski definition) is 2. The van der Waals surface area contributed by atoms with E-state index in [1.807, 2.05) is 12.2 Å². The van der Waals surface area contributed by atoms with Gasteiger partial charge in [0.15, 0.2) is 5.78 Å². The van der Waals surface area contributed by atoms with Crippen LogP contribution in [0.4, 0.5) is 0 Å². The van der Waals surface area contributed by atoms with Gasteiger partial charge >= 0.3 is 0 Å². The summed E-state index contributed by atoms with van der Waals surface area (Å²) in [5, 5.41) is 0. The van der Waals surface area contributed by atoms with E-state index < -0.39 is 0 Å². The maximum atomic E-state index is 13.1. The third-order valence-electron chi connectivity index (χ3n) is 4.90. The maximum Gasteiger partial charge on any atom is 0.187 e. The maximum absolute atomic E-state index is 13.1. The van der Waals surface area contributed by atoms with E-state index in [1.165, 1.54) is 11.1 Å². The second kappa shape index (κ2) is 7.84. The number of benzene rings is 2. The van der Waals surface area contributed by atoms with Crippen molar-refractivity contribution in [3.63, 3.8) is 0 Å². The molecular weight excluding hydrogens is 318 g/mol. The van der Waals surface area contributed by atoms with Crippen LogP contribution >= 0.6 is 0 Å². The van der Waals surface area contributed by atoms with Crippen LogP contribution in [0.15, 0.2) is 59.7 Å². The van der Waals surface area contributed by atoms with Gasteiger partial charge < -0.3 is 0 Å². The molecule has 3 rings (SSSR count). The smallest absolute Gasteiger partial charge is 0.187 e. The number of hydrogen-bond donors (Lipinski definition) is 0. The minimum atomic E-state index is 0.169. The van der Waals surface area contributed by atoms with Crippen LogP contribution in [0.1, 0.15) is 36.1 Å². The van der Waals surface area contributed by atoms with Crippen LogP contribution < -0.4 is 0 Å². The summed E-state index contributed by atoms with van der Waals surface area (Å²) in [6, 6.07) is 17.0. The van der Waals surface area contributed by atoms with E-state index >= 15 is 0 Å². The molecule has 0 spiro atoms. The lowest BCUT2D eigenvalue weighted by Gasteiger charge is -2.32. The Bertz CT molecular complexity index is 771. The van der Waals surface area contributed by atoms with Crippen molar-refractivity contribution in [2.75, 3.05) is 13.1 Å². The molecule has 2 aromatic carbocycles. The molecule has 1 aliphatic rings. The van der Waals surface area contributed by atoms with Crippen molar-refractivity contribution >= 4 is 17.9 Å². The predicted octanol–water partition coefficient (Wildman–Crippen LogP) is 5.06. The Morgan fingerprint density at radius 3 is 1.50 bits per heavy atom. The van der Waals surface area contributed by atoms with Crippen molar-refractivity contribution in [3.8, 4) is 0 Å². The number of aryl methyl sites for hydroxylation is 2. The molecule has 1 aliphatic heterocycles. The Kier molecular flexibility index (Phi) is 5.53. The standard InChI is InChI=1S/C24H27NO/c1-17(2)25-15-22(13-20-9-5-18(3)6-10-20)24(26)23(16-25)14-21-11-7-19(4)8-12-21/h5-14,17H,15-16H2,1-4H3. The number of nitrogens with zero attached hydrogens (tertiary/aromatic N) is 1. The van der Waals surface area contributed by atoms with Gasteiger partial charge in [0.05, 0.1) is 0 Å². The van der Waals surface area contributed by atoms with Gasteiger partial charge in [-0.3, -0.25) is 9.69 Å². The van der Waals surface area contributed by atoms with Gasteiger partial charge in [0, 0.05) is 30.3 Å². The zero-order chi connectivity index (χ0) is 18.7. The highest BCUT2D eigenvalue weighted by molar-refractivity contribution is 6.14. The monoisotopic (exact) mass is 345 g/mol. The normalized spacial score (nSPS) is 18.9. The molecule has 0 aromatic heterocycles. The third kappa shape index (κ3) is 4.39. The van der Waals surface area contributed by atoms with E-state index in [-0.39, 0.29) is 5.78 Å². The topological polar surface area (TPSA) is 20.3 Å². The van der Waals surface area contributed by atoms with E-state index in [1.54, 1.807) is 0 Å². The molecule has 0 radical (unpaired) electrons. The van der Waals surface area contributed by atoms with E-state index in [2.05, 4.69) is 81.1 Å². The molecule has 26 heavy (non-hydrogen) atoms. The second-order valence-electron chi connectivity index (χ2n) is 7.49. The van der Waals surface area contributed by atoms with Gasteiger partial charge in [-0.1, -0.05) is 59.7 Å². The predicted molar refractivity (Wildman–Crippen MR) is 110 cm³/mol. The highest BCUT2D eigenvalue weighted by Gasteiger charge is 2.27. The SMILES string of the molecule is Cc1ccc(C=C2CN(C(C)C)CC(=Cc3ccc(C)cc3)C2=O)cc1. The summed E-state index contributed by atoms with van der Waals surface area (Å²) >= 11 is 0. The fraction of sp³-hybridized carbons (Fsp3) is 0.292. The minimum absolute atomic E-state index is 0.169. The molecule has 0 N–H and O–H groups in total. The molecule has 0 bridgehead atoms. The second-order valence-corrected chi connectivity index (χ2v) is 7.49. The van der Waals surface area contributed by atoms with Crippen LogP contribution in [0, 0.1) is 13.8 Å². The molecule has 1 saturated heterocycles. The Hall–Kier alpha value is -2.45. The van der Waals surface area contributed by atoms with E-state index in [9.17, 15) is 4.79 Å². The van der Waals surface area contributed by atoms with Crippen molar-refractivity contribution < 1.29 is 4.79 Å². The Balaban J connectivity index is 1.95. The molecule has 0 aliphatic carbocycles. The molecule has 2 aromatic rings. The molecule has 2 heteroatoms. The fourth-order valence-electron chi connectivity index (χ4n) is 3.16. The zero-order valence-electron chi connectivity index (χ0n) is 16.1. The van der Waals surface area contributed by atoms with Gasteiger partial charge in [0.2, 0.25) is 0 Å². The van der Waals surface area contributed by atoms with Gasteiger partial charge in [-0.2, -0.15) is 0 Å². The molecule has 0 atom stereocenters. The minimum Gasteiger partial charge on any atom is -0.292 e. The average Bonchev–Trinajstić information content (AvgIpc) is 2.62. The Morgan fingerprint density at radius 1 is 0.769 bits per heavy atom. The number of likely N-dealkylation sites (tertiary alicyclic amines) is 1. The zero-order valence-corrected chi connectivity index (χ0v) is 16.1. The summed E-state index contributed by atoms with van der Waals surface area (Å²) in [5.41, 5.74) is 6.36. The van der Waals surface area contributed by atoms with Gasteiger partial charge in [-0.25, -0.2) is 0 Å². The van der Waals surface area contributed by atoms with Crippen molar-refractivity contribution in [1.82, 2.24) is 4.90 Å². The van der Waals surface area contributed by atoms with Crippen LogP contribution in [-0.2, 0) is 4.79 Å². The lowest BCUT2D eigenvalue weighted by atomic mass is 9.93. The van der Waals surface area contributed by atoms with Crippen LogP contribution in [0.25, 0.3) is 12.2 Å². The first kappa shape index (κ1) is 18.3. The summed E-state index contributed by atoms with van der Waals surface area (Å²) < 4.78 is 0. The molecule has 0 amide bonds. The Morgan fingerprint density at radius 2 is 1.15 bits per heavy atom. The van der Waals surface area contributed by atoms with E-state index in [4.69, 9.17) is 0 Å². The first-order chi connectivity index (χ1) is 12.4. The summed E-state index contributed by atoms with van der Waals surface area (Å²) in [6.07, 6.45) is 4.08. The largest absolute Gasteiger partial charge is 0.292 e. The van der Waals surface area contributed by atoms with Crippen molar-refractivity contribution in [2.24, 2.45) is 0 Å². The summed E-state index contributed by atoms with van der Waals surface area (Å²) in [5.74, 6) is 0.169. The van der Waals surface area contributed by atoms with Gasteiger partial charge in [0.1, 0.15) is 0 Å². The van der Waals surface area contributed by atoms with Crippen LogP contribution in [0.3, 0.4) is 0 Å². The highest BCUT2D eigenvalue weighted by atomic mass is 16.1. The van der Waals surface area contributed by atoms with Crippen LogP contribution in [0.2, 0.25) is 0 Å². The van der Waals surface area contributed by atoms with Crippen molar-refractivity contribution in [1.29, 1.82) is 0 Å². The number of carbonyl (C=O) groups is 1. The van der Waals surface area contributed by atoms with Crippen molar-refractivity contribution in [2.45, 2.75) is 33.7 Å². The molecule has 2 nitrogen and oxygen atoms in total. The summed E-state index contributed by atoms with van der Waals surface area (Å²) in [6.45, 7) is 9.92. The molecule has 1 heterocycles. The molecule has 0 unspecified atom stereocenters. The van der Waals surface area contributed by atoms with Crippen LogP contribution in [0.5, 0.6) is 0 Å². The Labute approximate surface area is 156 Å². The summed E-state index contributed by atoms with van der Waals surface area (Å²) in [7, 11) is 0. The summed E-state index contributed by atoms with van der Waals surface area (Å²) in [4.78, 5) is 15.4. The number of Topliss-reactive ketones (excluding diaryl/α,β-unsaturated/α-hetero) is 1. The van der Waals surface area contributed by atoms with Gasteiger partial charge in [-0.15, -0.1) is 0 Å². The number of piperidine rings is 1. The lowest BCUT2D eigenvalue weighted by Crippen LogP contribution is -2.41.